The summed E-state index contributed by atoms with van der Waals surface area (Å²) in [5, 5.41) is 9.91. The lowest BCUT2D eigenvalue weighted by Gasteiger charge is -2.04. The van der Waals surface area contributed by atoms with Crippen molar-refractivity contribution in [1.82, 2.24) is 14.4 Å². The van der Waals surface area contributed by atoms with Crippen LogP contribution in [0.1, 0.15) is 5.69 Å². The molecule has 0 radical (unpaired) electrons. The van der Waals surface area contributed by atoms with Crippen LogP contribution in [0.4, 0.5) is 8.78 Å². The van der Waals surface area contributed by atoms with Crippen LogP contribution in [0.15, 0.2) is 61.1 Å². The van der Waals surface area contributed by atoms with Gasteiger partial charge >= 0.3 is 0 Å². The number of halogens is 2. The Balaban J connectivity index is 1.58. The van der Waals surface area contributed by atoms with Gasteiger partial charge in [0.05, 0.1) is 5.69 Å². The monoisotopic (exact) mass is 353 g/mol. The van der Waals surface area contributed by atoms with Crippen molar-refractivity contribution >= 4 is 5.78 Å². The van der Waals surface area contributed by atoms with Gasteiger partial charge in [0.15, 0.2) is 0 Å². The summed E-state index contributed by atoms with van der Waals surface area (Å²) >= 11 is 0. The molecule has 2 aromatic heterocycles. The summed E-state index contributed by atoms with van der Waals surface area (Å²) in [6.45, 7) is 0.201. The Labute approximate surface area is 147 Å². The van der Waals surface area contributed by atoms with E-state index in [0.717, 1.165) is 6.07 Å². The van der Waals surface area contributed by atoms with Crippen molar-refractivity contribution in [2.45, 2.75) is 6.61 Å². The summed E-state index contributed by atoms with van der Waals surface area (Å²) in [4.78, 5) is 8.60. The van der Waals surface area contributed by atoms with Gasteiger partial charge in [-0.3, -0.25) is 4.40 Å². The van der Waals surface area contributed by atoms with Crippen LogP contribution in [0.2, 0.25) is 0 Å². The van der Waals surface area contributed by atoms with Crippen LogP contribution in [0.3, 0.4) is 0 Å². The Bertz CT molecular complexity index is 1080. The third-order valence-corrected chi connectivity index (χ3v) is 3.83. The molecule has 0 saturated heterocycles. The van der Waals surface area contributed by atoms with Crippen molar-refractivity contribution in [1.29, 1.82) is 0 Å². The summed E-state index contributed by atoms with van der Waals surface area (Å²) in [5.74, 6) is 0.00142. The fourth-order valence-corrected chi connectivity index (χ4v) is 2.58. The number of hydrogen-bond acceptors (Lipinski definition) is 4. The van der Waals surface area contributed by atoms with E-state index in [4.69, 9.17) is 4.74 Å². The second-order valence-electron chi connectivity index (χ2n) is 5.69. The van der Waals surface area contributed by atoms with Crippen molar-refractivity contribution in [3.8, 4) is 22.6 Å². The maximum Gasteiger partial charge on any atom is 0.234 e. The van der Waals surface area contributed by atoms with Crippen molar-refractivity contribution in [2.24, 2.45) is 0 Å². The topological polar surface area (TPSA) is 59.7 Å². The van der Waals surface area contributed by atoms with E-state index in [2.05, 4.69) is 9.97 Å². The van der Waals surface area contributed by atoms with Crippen molar-refractivity contribution in [3.63, 3.8) is 0 Å². The number of nitrogens with zero attached hydrogens (tertiary/aromatic N) is 3. The number of phenols is 1. The van der Waals surface area contributed by atoms with Crippen molar-refractivity contribution < 1.29 is 18.6 Å². The zero-order valence-electron chi connectivity index (χ0n) is 13.4. The zero-order valence-corrected chi connectivity index (χ0v) is 13.4. The lowest BCUT2D eigenvalue weighted by Crippen LogP contribution is -1.95. The quantitative estimate of drug-likeness (QED) is 0.603. The van der Waals surface area contributed by atoms with Crippen LogP contribution in [-0.4, -0.2) is 19.5 Å². The summed E-state index contributed by atoms with van der Waals surface area (Å²) in [6.07, 6.45) is 5.04. The maximum atomic E-state index is 13.1. The van der Waals surface area contributed by atoms with Gasteiger partial charge in [-0.1, -0.05) is 0 Å². The largest absolute Gasteiger partial charge is 0.507 e. The van der Waals surface area contributed by atoms with E-state index < -0.39 is 5.82 Å². The highest BCUT2D eigenvalue weighted by atomic mass is 19.1. The Morgan fingerprint density at radius 2 is 1.77 bits per heavy atom. The van der Waals surface area contributed by atoms with Crippen molar-refractivity contribution in [2.75, 3.05) is 0 Å². The number of aromatic hydroxyl groups is 1. The minimum atomic E-state index is -0.511. The van der Waals surface area contributed by atoms with E-state index in [0.29, 0.717) is 28.3 Å². The fourth-order valence-electron chi connectivity index (χ4n) is 2.58. The molecule has 0 saturated carbocycles. The zero-order chi connectivity index (χ0) is 18.1. The molecular formula is C19H13F2N3O2. The molecule has 26 heavy (non-hydrogen) atoms. The van der Waals surface area contributed by atoms with Crippen LogP contribution in [-0.2, 0) is 6.61 Å². The number of hydrogen-bond donors (Lipinski definition) is 1. The van der Waals surface area contributed by atoms with Gasteiger partial charge in [0, 0.05) is 35.8 Å². The lowest BCUT2D eigenvalue weighted by atomic mass is 10.1. The fraction of sp³-hybridized carbons (Fsp3) is 0.0526. The molecular weight excluding hydrogens is 340 g/mol. The Morgan fingerprint density at radius 1 is 1.00 bits per heavy atom. The predicted molar refractivity (Wildman–Crippen MR) is 90.8 cm³/mol. The van der Waals surface area contributed by atoms with Crippen LogP contribution in [0.5, 0.6) is 11.5 Å². The van der Waals surface area contributed by atoms with Gasteiger partial charge in [-0.05, 0) is 36.4 Å². The van der Waals surface area contributed by atoms with E-state index in [1.54, 1.807) is 35.1 Å². The van der Waals surface area contributed by atoms with Crippen LogP contribution >= 0.6 is 0 Å². The van der Waals surface area contributed by atoms with Crippen molar-refractivity contribution in [3.05, 3.63) is 78.4 Å². The molecule has 7 heteroatoms. The molecule has 4 aromatic rings. The Hall–Kier alpha value is -3.48. The molecule has 4 rings (SSSR count). The van der Waals surface area contributed by atoms with Gasteiger partial charge in [0.1, 0.15) is 29.7 Å². The van der Waals surface area contributed by atoms with E-state index in [-0.39, 0.29) is 18.2 Å². The van der Waals surface area contributed by atoms with E-state index in [1.807, 2.05) is 0 Å². The first kappa shape index (κ1) is 16.0. The molecule has 2 aromatic carbocycles. The number of aromatic nitrogens is 3. The summed E-state index contributed by atoms with van der Waals surface area (Å²) in [6, 6.07) is 9.54. The molecule has 0 fully saturated rings. The predicted octanol–water partition coefficient (Wildman–Crippen LogP) is 3.96. The molecule has 0 aliphatic heterocycles. The number of imidazole rings is 1. The normalized spacial score (nSPS) is 11.0. The summed E-state index contributed by atoms with van der Waals surface area (Å²) < 4.78 is 33.3. The van der Waals surface area contributed by atoms with Gasteiger partial charge in [-0.25, -0.2) is 18.7 Å². The molecule has 2 heterocycles. The van der Waals surface area contributed by atoms with Crippen LogP contribution < -0.4 is 4.74 Å². The second-order valence-corrected chi connectivity index (χ2v) is 5.69. The summed E-state index contributed by atoms with van der Waals surface area (Å²) in [5.41, 5.74) is 1.74. The van der Waals surface area contributed by atoms with Crippen LogP contribution in [0.25, 0.3) is 16.9 Å². The first-order valence-corrected chi connectivity index (χ1v) is 7.79. The third kappa shape index (κ3) is 3.19. The molecule has 0 aliphatic rings. The SMILES string of the molecule is Oc1cc(F)ccc1-c1cnc2nc(COc3ccc(F)cc3)cn2c1. The molecule has 130 valence electrons. The van der Waals surface area contributed by atoms with Gasteiger partial charge in [0.2, 0.25) is 5.78 Å². The van der Waals surface area contributed by atoms with Gasteiger partial charge < -0.3 is 9.84 Å². The molecule has 5 nitrogen and oxygen atoms in total. The molecule has 0 atom stereocenters. The number of fused-ring (bicyclic) bond motifs is 1. The molecule has 1 N–H and O–H groups in total. The minimum Gasteiger partial charge on any atom is -0.507 e. The lowest BCUT2D eigenvalue weighted by molar-refractivity contribution is 0.301. The number of phenolic OH excluding ortho intramolecular Hbond substituents is 1. The number of benzene rings is 2. The first-order valence-electron chi connectivity index (χ1n) is 7.79. The smallest absolute Gasteiger partial charge is 0.234 e. The van der Waals surface area contributed by atoms with Crippen LogP contribution in [0, 0.1) is 11.6 Å². The highest BCUT2D eigenvalue weighted by molar-refractivity contribution is 5.69. The average molecular weight is 353 g/mol. The van der Waals surface area contributed by atoms with E-state index in [9.17, 15) is 13.9 Å². The Kier molecular flexibility index (Phi) is 3.96. The molecule has 0 unspecified atom stereocenters. The molecule has 0 spiro atoms. The second kappa shape index (κ2) is 6.44. The Morgan fingerprint density at radius 3 is 2.54 bits per heavy atom. The molecule has 0 bridgehead atoms. The van der Waals surface area contributed by atoms with Gasteiger partial charge in [0.25, 0.3) is 0 Å². The first-order chi connectivity index (χ1) is 12.6. The highest BCUT2D eigenvalue weighted by Gasteiger charge is 2.09. The van der Waals surface area contributed by atoms with Gasteiger partial charge in [-0.15, -0.1) is 0 Å². The summed E-state index contributed by atoms with van der Waals surface area (Å²) in [7, 11) is 0. The van der Waals surface area contributed by atoms with E-state index >= 15 is 0 Å². The third-order valence-electron chi connectivity index (χ3n) is 3.83. The highest BCUT2D eigenvalue weighted by Crippen LogP contribution is 2.29. The standard InChI is InChI=1S/C19H13F2N3O2/c20-13-1-4-16(5-2-13)26-11-15-10-24-9-12(8-22-19(24)23-15)17-6-3-14(21)7-18(17)25/h1-10,25H,11H2. The minimum absolute atomic E-state index is 0.161. The van der Waals surface area contributed by atoms with Gasteiger partial charge in [-0.2, -0.15) is 0 Å². The average Bonchev–Trinajstić information content (AvgIpc) is 3.03. The number of rotatable bonds is 4. The van der Waals surface area contributed by atoms with E-state index in [1.165, 1.54) is 24.3 Å². The molecule has 0 aliphatic carbocycles. The number of ether oxygens (including phenoxy) is 1. The molecule has 0 amide bonds. The maximum absolute atomic E-state index is 13.1.